The van der Waals surface area contributed by atoms with Crippen molar-refractivity contribution in [2.75, 3.05) is 19.7 Å². The molecule has 3 atom stereocenters. The Morgan fingerprint density at radius 3 is 2.59 bits per heavy atom. The van der Waals surface area contributed by atoms with Crippen molar-refractivity contribution in [1.29, 1.82) is 0 Å². The minimum absolute atomic E-state index is 0. The number of carbonyl (C=O) groups is 2. The zero-order chi connectivity index (χ0) is 15.2. The van der Waals surface area contributed by atoms with Gasteiger partial charge in [-0.25, -0.2) is 0 Å². The lowest BCUT2D eigenvalue weighted by molar-refractivity contribution is -0.151. The van der Waals surface area contributed by atoms with Gasteiger partial charge in [-0.3, -0.25) is 9.59 Å². The summed E-state index contributed by atoms with van der Waals surface area (Å²) in [5, 5.41) is 0. The Morgan fingerprint density at radius 1 is 1.18 bits per heavy atom. The van der Waals surface area contributed by atoms with E-state index in [4.69, 9.17) is 10.5 Å². The highest BCUT2D eigenvalue weighted by molar-refractivity contribution is 5.85. The molecule has 0 radical (unpaired) electrons. The number of carbonyl (C=O) groups excluding carboxylic acids is 2. The van der Waals surface area contributed by atoms with E-state index in [9.17, 15) is 9.59 Å². The van der Waals surface area contributed by atoms with Crippen molar-refractivity contribution in [1.82, 2.24) is 4.90 Å². The van der Waals surface area contributed by atoms with Crippen LogP contribution in [0.25, 0.3) is 0 Å². The first-order chi connectivity index (χ1) is 10.1. The van der Waals surface area contributed by atoms with Crippen LogP contribution >= 0.6 is 12.4 Å². The summed E-state index contributed by atoms with van der Waals surface area (Å²) in [6, 6.07) is 0.161. The van der Waals surface area contributed by atoms with E-state index in [1.165, 1.54) is 12.8 Å². The van der Waals surface area contributed by atoms with Gasteiger partial charge >= 0.3 is 5.97 Å². The van der Waals surface area contributed by atoms with E-state index in [2.05, 4.69) is 0 Å². The third-order valence-electron chi connectivity index (χ3n) is 4.80. The number of hydrogen-bond acceptors (Lipinski definition) is 4. The molecular weight excluding hydrogens is 304 g/mol. The van der Waals surface area contributed by atoms with Gasteiger partial charge in [-0.2, -0.15) is 0 Å². The van der Waals surface area contributed by atoms with Crippen LogP contribution in [0, 0.1) is 11.8 Å². The zero-order valence-corrected chi connectivity index (χ0v) is 14.3. The van der Waals surface area contributed by atoms with E-state index in [-0.39, 0.29) is 36.2 Å². The quantitative estimate of drug-likeness (QED) is 0.800. The van der Waals surface area contributed by atoms with Gasteiger partial charge in [0, 0.05) is 25.6 Å². The summed E-state index contributed by atoms with van der Waals surface area (Å²) >= 11 is 0. The maximum atomic E-state index is 12.5. The highest BCUT2D eigenvalue weighted by Gasteiger charge is 2.31. The molecule has 1 saturated carbocycles. The normalized spacial score (nSPS) is 28.6. The summed E-state index contributed by atoms with van der Waals surface area (Å²) in [4.78, 5) is 26.1. The van der Waals surface area contributed by atoms with E-state index in [0.717, 1.165) is 32.2 Å². The average Bonchev–Trinajstić information content (AvgIpc) is 2.50. The van der Waals surface area contributed by atoms with Crippen LogP contribution in [0.15, 0.2) is 0 Å². The first-order valence-corrected chi connectivity index (χ1v) is 8.31. The molecule has 1 heterocycles. The Labute approximate surface area is 139 Å². The molecule has 2 fully saturated rings. The van der Waals surface area contributed by atoms with Crippen LogP contribution in [-0.2, 0) is 14.3 Å². The van der Waals surface area contributed by atoms with Crippen LogP contribution in [-0.4, -0.2) is 42.5 Å². The first kappa shape index (κ1) is 19.2. The first-order valence-electron chi connectivity index (χ1n) is 8.31. The van der Waals surface area contributed by atoms with E-state index in [1.54, 1.807) is 0 Å². The molecule has 128 valence electrons. The second-order valence-corrected chi connectivity index (χ2v) is 6.34. The molecule has 22 heavy (non-hydrogen) atoms. The van der Waals surface area contributed by atoms with E-state index >= 15 is 0 Å². The molecular formula is C16H29ClN2O3. The predicted molar refractivity (Wildman–Crippen MR) is 87.7 cm³/mol. The lowest BCUT2D eigenvalue weighted by atomic mass is 9.82. The van der Waals surface area contributed by atoms with Crippen LogP contribution in [0.2, 0.25) is 0 Å². The molecule has 0 bridgehead atoms. The van der Waals surface area contributed by atoms with E-state index in [0.29, 0.717) is 25.5 Å². The smallest absolute Gasteiger partial charge is 0.310 e. The van der Waals surface area contributed by atoms with Crippen LogP contribution in [0.1, 0.15) is 51.9 Å². The van der Waals surface area contributed by atoms with Gasteiger partial charge in [-0.05, 0) is 38.5 Å². The van der Waals surface area contributed by atoms with Crippen molar-refractivity contribution >= 4 is 24.3 Å². The molecule has 2 rings (SSSR count). The molecule has 2 N–H and O–H groups in total. The molecule has 1 aliphatic carbocycles. The molecule has 1 aliphatic heterocycles. The highest BCUT2D eigenvalue weighted by Crippen LogP contribution is 2.27. The maximum Gasteiger partial charge on any atom is 0.310 e. The Morgan fingerprint density at radius 2 is 1.91 bits per heavy atom. The van der Waals surface area contributed by atoms with Crippen molar-refractivity contribution in [3.63, 3.8) is 0 Å². The molecule has 1 amide bonds. The molecule has 0 spiro atoms. The summed E-state index contributed by atoms with van der Waals surface area (Å²) in [6.07, 6.45) is 6.69. The summed E-state index contributed by atoms with van der Waals surface area (Å²) in [6.45, 7) is 3.49. The van der Waals surface area contributed by atoms with Gasteiger partial charge in [0.1, 0.15) is 0 Å². The van der Waals surface area contributed by atoms with Crippen LogP contribution < -0.4 is 5.73 Å². The van der Waals surface area contributed by atoms with Gasteiger partial charge in [0.2, 0.25) is 5.91 Å². The number of rotatable bonds is 4. The summed E-state index contributed by atoms with van der Waals surface area (Å²) < 4.78 is 5.08. The Hall–Kier alpha value is -0.810. The number of likely N-dealkylation sites (tertiary alicyclic amines) is 1. The molecule has 1 saturated heterocycles. The molecule has 0 aromatic carbocycles. The Bertz CT molecular complexity index is 378. The monoisotopic (exact) mass is 332 g/mol. The number of amides is 1. The second kappa shape index (κ2) is 9.36. The third kappa shape index (κ3) is 5.13. The second-order valence-electron chi connectivity index (χ2n) is 6.34. The Balaban J connectivity index is 0.00000242. The highest BCUT2D eigenvalue weighted by atomic mass is 35.5. The van der Waals surface area contributed by atoms with Crippen LogP contribution in [0.3, 0.4) is 0 Å². The third-order valence-corrected chi connectivity index (χ3v) is 4.80. The number of hydrogen-bond donors (Lipinski definition) is 1. The van der Waals surface area contributed by atoms with Gasteiger partial charge in [0.05, 0.1) is 12.5 Å². The lowest BCUT2D eigenvalue weighted by Gasteiger charge is -2.34. The van der Waals surface area contributed by atoms with Gasteiger partial charge in [0.15, 0.2) is 0 Å². The van der Waals surface area contributed by atoms with E-state index < -0.39 is 0 Å². The van der Waals surface area contributed by atoms with Crippen LogP contribution in [0.5, 0.6) is 0 Å². The SMILES string of the molecule is CCOC(=O)C1CCCN(C(=O)CC2CCCCC2N)C1.Cl. The topological polar surface area (TPSA) is 72.6 Å². The van der Waals surface area contributed by atoms with Gasteiger partial charge in [-0.15, -0.1) is 12.4 Å². The van der Waals surface area contributed by atoms with Crippen molar-refractivity contribution in [2.24, 2.45) is 17.6 Å². The molecule has 3 unspecified atom stereocenters. The minimum Gasteiger partial charge on any atom is -0.466 e. The van der Waals surface area contributed by atoms with Gasteiger partial charge in [-0.1, -0.05) is 12.8 Å². The van der Waals surface area contributed by atoms with Crippen molar-refractivity contribution in [3.05, 3.63) is 0 Å². The predicted octanol–water partition coefficient (Wildman–Crippen LogP) is 2.12. The number of ether oxygens (including phenoxy) is 1. The number of nitrogens with zero attached hydrogens (tertiary/aromatic N) is 1. The van der Waals surface area contributed by atoms with E-state index in [1.807, 2.05) is 11.8 Å². The fourth-order valence-corrected chi connectivity index (χ4v) is 3.50. The zero-order valence-electron chi connectivity index (χ0n) is 13.5. The molecule has 2 aliphatic rings. The molecule has 5 nitrogen and oxygen atoms in total. The summed E-state index contributed by atoms with van der Waals surface area (Å²) in [5.41, 5.74) is 6.13. The number of halogens is 1. The Kier molecular flexibility index (Phi) is 8.18. The standard InChI is InChI=1S/C16H28N2O3.ClH/c1-2-21-16(20)13-7-5-9-18(11-13)15(19)10-12-6-3-4-8-14(12)17;/h12-14H,2-11,17H2,1H3;1H. The van der Waals surface area contributed by atoms with Gasteiger partial charge < -0.3 is 15.4 Å². The summed E-state index contributed by atoms with van der Waals surface area (Å²) in [7, 11) is 0. The molecule has 0 aromatic heterocycles. The molecule has 0 aromatic rings. The van der Waals surface area contributed by atoms with Crippen molar-refractivity contribution in [3.8, 4) is 0 Å². The minimum atomic E-state index is -0.163. The maximum absolute atomic E-state index is 12.5. The molecule has 6 heteroatoms. The van der Waals surface area contributed by atoms with Crippen molar-refractivity contribution in [2.45, 2.75) is 57.9 Å². The lowest BCUT2D eigenvalue weighted by Crippen LogP contribution is -2.45. The number of nitrogens with two attached hydrogens (primary N) is 1. The van der Waals surface area contributed by atoms with Gasteiger partial charge in [0.25, 0.3) is 0 Å². The fourth-order valence-electron chi connectivity index (χ4n) is 3.50. The van der Waals surface area contributed by atoms with Crippen molar-refractivity contribution < 1.29 is 14.3 Å². The largest absolute Gasteiger partial charge is 0.466 e. The summed E-state index contributed by atoms with van der Waals surface area (Å²) in [5.74, 6) is 0.160. The van der Waals surface area contributed by atoms with Crippen LogP contribution in [0.4, 0.5) is 0 Å². The fraction of sp³-hybridized carbons (Fsp3) is 0.875. The number of esters is 1. The average molecular weight is 333 g/mol. The number of piperidine rings is 1.